The molecule has 0 atom stereocenters. The van der Waals surface area contributed by atoms with Crippen LogP contribution in [0.15, 0.2) is 53.5 Å². The molecule has 0 unspecified atom stereocenters. The molecular weight excluding hydrogens is 402 g/mol. The molecule has 0 heterocycles. The second kappa shape index (κ2) is 12.5. The topological polar surface area (TPSA) is 85.8 Å². The van der Waals surface area contributed by atoms with Gasteiger partial charge >= 0.3 is 0 Å². The maximum absolute atomic E-state index is 12.1. The van der Waals surface area contributed by atoms with E-state index in [9.17, 15) is 9.59 Å². The Morgan fingerprint density at radius 3 is 2.41 bits per heavy atom. The fourth-order valence-corrected chi connectivity index (χ4v) is 3.19. The van der Waals surface area contributed by atoms with Gasteiger partial charge in [-0.2, -0.15) is 0 Å². The summed E-state index contributed by atoms with van der Waals surface area (Å²) >= 11 is 0. The Morgan fingerprint density at radius 1 is 1.00 bits per heavy atom. The summed E-state index contributed by atoms with van der Waals surface area (Å²) in [5, 5.41) is 9.54. The van der Waals surface area contributed by atoms with Gasteiger partial charge < -0.3 is 20.9 Å². The number of anilines is 1. The average molecular weight is 438 g/mol. The van der Waals surface area contributed by atoms with Crippen LogP contribution in [0.4, 0.5) is 5.69 Å². The van der Waals surface area contributed by atoms with Gasteiger partial charge in [0.2, 0.25) is 5.91 Å². The highest BCUT2D eigenvalue weighted by molar-refractivity contribution is 5.94. The largest absolute Gasteiger partial charge is 0.356 e. The monoisotopic (exact) mass is 437 g/mol. The molecular formula is C25H35N5O2. The van der Waals surface area contributed by atoms with Crippen molar-refractivity contribution in [2.45, 2.75) is 33.2 Å². The first-order valence-corrected chi connectivity index (χ1v) is 10.9. The highest BCUT2D eigenvalue weighted by Gasteiger charge is 2.09. The summed E-state index contributed by atoms with van der Waals surface area (Å²) in [4.78, 5) is 30.0. The van der Waals surface area contributed by atoms with E-state index in [-0.39, 0.29) is 11.8 Å². The third-order valence-electron chi connectivity index (χ3n) is 4.77. The predicted octanol–water partition coefficient (Wildman–Crippen LogP) is 3.28. The third kappa shape index (κ3) is 8.41. The number of guanidine groups is 1. The molecule has 0 aliphatic carbocycles. The molecule has 3 N–H and O–H groups in total. The Hall–Kier alpha value is -3.35. The molecule has 0 spiro atoms. The molecule has 7 nitrogen and oxygen atoms in total. The quantitative estimate of drug-likeness (QED) is 0.415. The number of aliphatic imine (C=N–C) groups is 1. The van der Waals surface area contributed by atoms with Crippen LogP contribution in [0.5, 0.6) is 0 Å². The first-order chi connectivity index (χ1) is 15.3. The van der Waals surface area contributed by atoms with E-state index in [0.717, 1.165) is 23.2 Å². The smallest absolute Gasteiger partial charge is 0.253 e. The molecule has 2 rings (SSSR count). The number of benzene rings is 2. The standard InChI is InChI=1S/C25H35N5O2/c1-18(2)14-23(31)29-22-11-7-9-20(16-22)17-28-25(26-3)27-13-12-19-8-6-10-21(15-19)24(32)30(4)5/h6-11,15-16,18H,12-14,17H2,1-5H3,(H,29,31)(H2,26,27,28). The van der Waals surface area contributed by atoms with Crippen molar-refractivity contribution in [1.82, 2.24) is 15.5 Å². The van der Waals surface area contributed by atoms with Crippen LogP contribution in [-0.2, 0) is 17.8 Å². The molecule has 0 aromatic heterocycles. The number of rotatable bonds is 9. The van der Waals surface area contributed by atoms with Crippen LogP contribution in [0.3, 0.4) is 0 Å². The van der Waals surface area contributed by atoms with E-state index in [1.807, 2.05) is 62.4 Å². The van der Waals surface area contributed by atoms with E-state index in [0.29, 0.717) is 37.0 Å². The lowest BCUT2D eigenvalue weighted by Crippen LogP contribution is -2.37. The lowest BCUT2D eigenvalue weighted by atomic mass is 10.1. The number of amides is 2. The number of hydrogen-bond acceptors (Lipinski definition) is 3. The minimum absolute atomic E-state index is 0.0000819. The van der Waals surface area contributed by atoms with Gasteiger partial charge in [0, 0.05) is 51.9 Å². The summed E-state index contributed by atoms with van der Waals surface area (Å²) in [5.74, 6) is 1.05. The Kier molecular flexibility index (Phi) is 9.73. The van der Waals surface area contributed by atoms with Gasteiger partial charge in [-0.15, -0.1) is 0 Å². The van der Waals surface area contributed by atoms with Gasteiger partial charge in [-0.05, 0) is 47.7 Å². The molecule has 0 aliphatic heterocycles. The third-order valence-corrected chi connectivity index (χ3v) is 4.77. The number of carbonyl (C=O) groups excluding carboxylic acids is 2. The molecule has 0 saturated carbocycles. The lowest BCUT2D eigenvalue weighted by molar-refractivity contribution is -0.116. The summed E-state index contributed by atoms with van der Waals surface area (Å²) in [6.45, 7) is 5.32. The first kappa shape index (κ1) is 24.9. The van der Waals surface area contributed by atoms with E-state index in [4.69, 9.17) is 0 Å². The van der Waals surface area contributed by atoms with Crippen molar-refractivity contribution in [3.63, 3.8) is 0 Å². The van der Waals surface area contributed by atoms with E-state index in [2.05, 4.69) is 20.9 Å². The van der Waals surface area contributed by atoms with Crippen LogP contribution in [0, 0.1) is 5.92 Å². The Balaban J connectivity index is 1.84. The second-order valence-electron chi connectivity index (χ2n) is 8.35. The minimum atomic E-state index is -0.0000819. The van der Waals surface area contributed by atoms with Crippen LogP contribution < -0.4 is 16.0 Å². The van der Waals surface area contributed by atoms with Gasteiger partial charge in [0.05, 0.1) is 0 Å². The molecule has 0 saturated heterocycles. The van der Waals surface area contributed by atoms with Gasteiger partial charge in [-0.3, -0.25) is 14.6 Å². The minimum Gasteiger partial charge on any atom is -0.356 e. The molecule has 7 heteroatoms. The summed E-state index contributed by atoms with van der Waals surface area (Å²) in [6.07, 6.45) is 1.28. The summed E-state index contributed by atoms with van der Waals surface area (Å²) in [7, 11) is 5.23. The van der Waals surface area contributed by atoms with Gasteiger partial charge in [-0.1, -0.05) is 38.1 Å². The van der Waals surface area contributed by atoms with Crippen LogP contribution in [-0.4, -0.2) is 50.4 Å². The van der Waals surface area contributed by atoms with Crippen molar-refractivity contribution in [2.24, 2.45) is 10.9 Å². The highest BCUT2D eigenvalue weighted by atomic mass is 16.2. The van der Waals surface area contributed by atoms with Gasteiger partial charge in [0.1, 0.15) is 0 Å². The summed E-state index contributed by atoms with van der Waals surface area (Å²) in [6, 6.07) is 15.5. The van der Waals surface area contributed by atoms with Crippen molar-refractivity contribution in [2.75, 3.05) is 33.0 Å². The van der Waals surface area contributed by atoms with Crippen molar-refractivity contribution in [1.29, 1.82) is 0 Å². The molecule has 0 radical (unpaired) electrons. The molecule has 32 heavy (non-hydrogen) atoms. The van der Waals surface area contributed by atoms with Gasteiger partial charge in [0.25, 0.3) is 5.91 Å². The normalized spacial score (nSPS) is 11.2. The number of hydrogen-bond donors (Lipinski definition) is 3. The van der Waals surface area contributed by atoms with Crippen molar-refractivity contribution >= 4 is 23.5 Å². The van der Waals surface area contributed by atoms with E-state index >= 15 is 0 Å². The van der Waals surface area contributed by atoms with Crippen molar-refractivity contribution < 1.29 is 9.59 Å². The molecule has 2 aromatic carbocycles. The fourth-order valence-electron chi connectivity index (χ4n) is 3.19. The molecule has 0 aliphatic rings. The highest BCUT2D eigenvalue weighted by Crippen LogP contribution is 2.12. The number of carbonyl (C=O) groups is 2. The van der Waals surface area contributed by atoms with E-state index in [1.54, 1.807) is 26.0 Å². The molecule has 172 valence electrons. The first-order valence-electron chi connectivity index (χ1n) is 10.9. The Labute approximate surface area is 191 Å². The van der Waals surface area contributed by atoms with Crippen LogP contribution in [0.25, 0.3) is 0 Å². The average Bonchev–Trinajstić information content (AvgIpc) is 2.75. The van der Waals surface area contributed by atoms with E-state index in [1.165, 1.54) is 0 Å². The predicted molar refractivity (Wildman–Crippen MR) is 131 cm³/mol. The zero-order valence-corrected chi connectivity index (χ0v) is 19.7. The maximum Gasteiger partial charge on any atom is 0.253 e. The zero-order valence-electron chi connectivity index (χ0n) is 19.7. The molecule has 0 bridgehead atoms. The Bertz CT molecular complexity index is 937. The zero-order chi connectivity index (χ0) is 23.5. The van der Waals surface area contributed by atoms with Gasteiger partial charge in [0.15, 0.2) is 5.96 Å². The SMILES string of the molecule is CN=C(NCCc1cccc(C(=O)N(C)C)c1)NCc1cccc(NC(=O)CC(C)C)c1. The molecule has 2 amide bonds. The maximum atomic E-state index is 12.1. The van der Waals surface area contributed by atoms with Crippen LogP contribution >= 0.6 is 0 Å². The summed E-state index contributed by atoms with van der Waals surface area (Å²) in [5.41, 5.74) is 3.62. The van der Waals surface area contributed by atoms with Crippen molar-refractivity contribution in [3.8, 4) is 0 Å². The second-order valence-corrected chi connectivity index (χ2v) is 8.35. The number of nitrogens with zero attached hydrogens (tertiary/aromatic N) is 2. The molecule has 0 fully saturated rings. The van der Waals surface area contributed by atoms with Crippen LogP contribution in [0.2, 0.25) is 0 Å². The van der Waals surface area contributed by atoms with E-state index < -0.39 is 0 Å². The fraction of sp³-hybridized carbons (Fsp3) is 0.400. The van der Waals surface area contributed by atoms with Crippen LogP contribution in [0.1, 0.15) is 41.8 Å². The molecule has 2 aromatic rings. The summed E-state index contributed by atoms with van der Waals surface area (Å²) < 4.78 is 0. The number of nitrogens with one attached hydrogen (secondary N) is 3. The lowest BCUT2D eigenvalue weighted by Gasteiger charge is -2.14. The Morgan fingerprint density at radius 2 is 1.72 bits per heavy atom. The van der Waals surface area contributed by atoms with Crippen molar-refractivity contribution in [3.05, 3.63) is 65.2 Å². The van der Waals surface area contributed by atoms with Gasteiger partial charge in [-0.25, -0.2) is 0 Å².